The summed E-state index contributed by atoms with van der Waals surface area (Å²) in [5, 5.41) is 3.48. The third kappa shape index (κ3) is 3.04. The molecule has 0 amide bonds. The predicted molar refractivity (Wildman–Crippen MR) is 77.6 cm³/mol. The van der Waals surface area contributed by atoms with Gasteiger partial charge in [-0.3, -0.25) is 0 Å². The first-order valence-electron chi connectivity index (χ1n) is 6.57. The van der Waals surface area contributed by atoms with Gasteiger partial charge in [0.15, 0.2) is 0 Å². The van der Waals surface area contributed by atoms with Crippen molar-refractivity contribution in [3.8, 4) is 0 Å². The van der Waals surface area contributed by atoms with Crippen LogP contribution in [0.25, 0.3) is 0 Å². The number of rotatable bonds is 3. The van der Waals surface area contributed by atoms with Gasteiger partial charge < -0.3 is 10.2 Å². The molecular formula is C14H20BrFN2. The van der Waals surface area contributed by atoms with Crippen molar-refractivity contribution < 1.29 is 4.39 Å². The van der Waals surface area contributed by atoms with Crippen LogP contribution in [-0.4, -0.2) is 25.2 Å². The lowest BCUT2D eigenvalue weighted by molar-refractivity contribution is 0.371. The summed E-state index contributed by atoms with van der Waals surface area (Å²) in [4.78, 5) is 2.18. The average molecular weight is 315 g/mol. The zero-order valence-corrected chi connectivity index (χ0v) is 12.5. The lowest BCUT2D eigenvalue weighted by Gasteiger charge is -2.39. The molecule has 0 aromatic heterocycles. The number of anilines is 1. The van der Waals surface area contributed by atoms with E-state index < -0.39 is 0 Å². The zero-order valence-electron chi connectivity index (χ0n) is 10.9. The predicted octanol–water partition coefficient (Wildman–Crippen LogP) is 3.56. The Bertz CT molecular complexity index is 411. The molecule has 1 aromatic carbocycles. The van der Waals surface area contributed by atoms with Gasteiger partial charge >= 0.3 is 0 Å². The van der Waals surface area contributed by atoms with E-state index in [9.17, 15) is 4.39 Å². The van der Waals surface area contributed by atoms with E-state index in [1.54, 1.807) is 6.07 Å². The molecule has 1 saturated heterocycles. The number of piperidine rings is 1. The Kier molecular flexibility index (Phi) is 4.62. The van der Waals surface area contributed by atoms with Gasteiger partial charge in [-0.25, -0.2) is 4.39 Å². The molecule has 2 rings (SSSR count). The van der Waals surface area contributed by atoms with Gasteiger partial charge in [-0.1, -0.05) is 22.9 Å². The monoisotopic (exact) mass is 314 g/mol. The van der Waals surface area contributed by atoms with Crippen LogP contribution >= 0.6 is 15.9 Å². The lowest BCUT2D eigenvalue weighted by Crippen LogP contribution is -2.47. The maximum absolute atomic E-state index is 14.0. The number of hydrogen-bond donors (Lipinski definition) is 1. The number of nitrogens with zero attached hydrogens (tertiary/aromatic N) is 1. The van der Waals surface area contributed by atoms with E-state index in [-0.39, 0.29) is 5.82 Å². The van der Waals surface area contributed by atoms with Gasteiger partial charge in [0.05, 0.1) is 5.69 Å². The molecule has 0 saturated carbocycles. The highest BCUT2D eigenvalue weighted by molar-refractivity contribution is 9.10. The van der Waals surface area contributed by atoms with Gasteiger partial charge in [0, 0.05) is 23.1 Å². The molecule has 2 atom stereocenters. The minimum Gasteiger partial charge on any atom is -0.366 e. The Labute approximate surface area is 117 Å². The van der Waals surface area contributed by atoms with Gasteiger partial charge in [-0.15, -0.1) is 0 Å². The van der Waals surface area contributed by atoms with E-state index in [1.165, 1.54) is 0 Å². The molecule has 1 heterocycles. The summed E-state index contributed by atoms with van der Waals surface area (Å²) >= 11 is 3.30. The molecule has 1 aliphatic heterocycles. The van der Waals surface area contributed by atoms with Crippen LogP contribution in [-0.2, 0) is 0 Å². The highest BCUT2D eigenvalue weighted by atomic mass is 79.9. The van der Waals surface area contributed by atoms with Crippen LogP contribution in [0.1, 0.15) is 26.7 Å². The van der Waals surface area contributed by atoms with E-state index >= 15 is 0 Å². The maximum Gasteiger partial charge on any atom is 0.147 e. The quantitative estimate of drug-likeness (QED) is 0.917. The molecule has 1 aromatic rings. The Morgan fingerprint density at radius 2 is 2.28 bits per heavy atom. The first-order chi connectivity index (χ1) is 8.61. The molecule has 2 unspecified atom stereocenters. The molecule has 0 radical (unpaired) electrons. The molecule has 1 aliphatic rings. The average Bonchev–Trinajstić information content (AvgIpc) is 2.31. The van der Waals surface area contributed by atoms with Crippen LogP contribution in [0.2, 0.25) is 0 Å². The summed E-state index contributed by atoms with van der Waals surface area (Å²) in [6.45, 7) is 6.22. The molecule has 1 N–H and O–H groups in total. The third-order valence-corrected chi connectivity index (χ3v) is 4.08. The summed E-state index contributed by atoms with van der Waals surface area (Å²) in [6.07, 6.45) is 2.15. The van der Waals surface area contributed by atoms with Crippen molar-refractivity contribution in [2.75, 3.05) is 18.0 Å². The summed E-state index contributed by atoms with van der Waals surface area (Å²) in [5.41, 5.74) is 0.723. The van der Waals surface area contributed by atoms with Crippen molar-refractivity contribution in [2.45, 2.75) is 38.8 Å². The normalized spacial score (nSPS) is 24.3. The second-order valence-electron chi connectivity index (χ2n) is 4.92. The maximum atomic E-state index is 14.0. The largest absolute Gasteiger partial charge is 0.366 e. The number of halogens is 2. The fourth-order valence-corrected chi connectivity index (χ4v) is 3.05. The minimum atomic E-state index is -0.141. The fourth-order valence-electron chi connectivity index (χ4n) is 2.72. The Hall–Kier alpha value is -0.610. The van der Waals surface area contributed by atoms with Crippen LogP contribution < -0.4 is 10.2 Å². The van der Waals surface area contributed by atoms with Crippen LogP contribution in [0.3, 0.4) is 0 Å². The molecule has 0 spiro atoms. The topological polar surface area (TPSA) is 15.3 Å². The van der Waals surface area contributed by atoms with Gasteiger partial charge in [0.25, 0.3) is 0 Å². The molecule has 0 bridgehead atoms. The smallest absolute Gasteiger partial charge is 0.147 e. The third-order valence-electron chi connectivity index (χ3n) is 3.59. The summed E-state index contributed by atoms with van der Waals surface area (Å²) < 4.78 is 14.8. The Morgan fingerprint density at radius 1 is 1.50 bits per heavy atom. The van der Waals surface area contributed by atoms with Crippen molar-refractivity contribution in [1.82, 2.24) is 5.32 Å². The van der Waals surface area contributed by atoms with E-state index in [0.717, 1.165) is 36.1 Å². The molecule has 2 nitrogen and oxygen atoms in total. The van der Waals surface area contributed by atoms with E-state index in [1.807, 2.05) is 12.1 Å². The number of hydrogen-bond acceptors (Lipinski definition) is 2. The van der Waals surface area contributed by atoms with Gasteiger partial charge in [0.2, 0.25) is 0 Å². The van der Waals surface area contributed by atoms with Crippen LogP contribution in [0, 0.1) is 5.82 Å². The SMILES string of the molecule is CCNC1CCN(c2ccc(Br)cc2F)C(C)C1. The molecule has 1 fully saturated rings. The second kappa shape index (κ2) is 6.02. The van der Waals surface area contributed by atoms with Crippen LogP contribution in [0.15, 0.2) is 22.7 Å². The molecule has 100 valence electrons. The van der Waals surface area contributed by atoms with Crippen LogP contribution in [0.4, 0.5) is 10.1 Å². The number of benzene rings is 1. The molecule has 4 heteroatoms. The lowest BCUT2D eigenvalue weighted by atomic mass is 9.97. The Morgan fingerprint density at radius 3 is 2.89 bits per heavy atom. The van der Waals surface area contributed by atoms with Gasteiger partial charge in [-0.2, -0.15) is 0 Å². The van der Waals surface area contributed by atoms with Crippen molar-refractivity contribution in [1.29, 1.82) is 0 Å². The number of nitrogens with one attached hydrogen (secondary N) is 1. The van der Waals surface area contributed by atoms with E-state index in [4.69, 9.17) is 0 Å². The minimum absolute atomic E-state index is 0.141. The highest BCUT2D eigenvalue weighted by Gasteiger charge is 2.26. The molecule has 18 heavy (non-hydrogen) atoms. The molecular weight excluding hydrogens is 295 g/mol. The van der Waals surface area contributed by atoms with E-state index in [0.29, 0.717) is 12.1 Å². The zero-order chi connectivity index (χ0) is 13.1. The second-order valence-corrected chi connectivity index (χ2v) is 5.83. The van der Waals surface area contributed by atoms with E-state index in [2.05, 4.69) is 40.0 Å². The van der Waals surface area contributed by atoms with Gasteiger partial charge in [-0.05, 0) is 44.5 Å². The van der Waals surface area contributed by atoms with Gasteiger partial charge in [0.1, 0.15) is 5.82 Å². The van der Waals surface area contributed by atoms with Crippen molar-refractivity contribution >= 4 is 21.6 Å². The van der Waals surface area contributed by atoms with Crippen LogP contribution in [0.5, 0.6) is 0 Å². The first-order valence-corrected chi connectivity index (χ1v) is 7.36. The fraction of sp³-hybridized carbons (Fsp3) is 0.571. The molecule has 0 aliphatic carbocycles. The van der Waals surface area contributed by atoms with Crippen molar-refractivity contribution in [2.24, 2.45) is 0 Å². The van der Waals surface area contributed by atoms with Crippen molar-refractivity contribution in [3.63, 3.8) is 0 Å². The van der Waals surface area contributed by atoms with Crippen molar-refractivity contribution in [3.05, 3.63) is 28.5 Å². The summed E-state index contributed by atoms with van der Waals surface area (Å²) in [6, 6.07) is 6.25. The highest BCUT2D eigenvalue weighted by Crippen LogP contribution is 2.29. The first kappa shape index (κ1) is 13.8. The Balaban J connectivity index is 2.10. The summed E-state index contributed by atoms with van der Waals surface area (Å²) in [5.74, 6) is -0.141. The standard InChI is InChI=1S/C14H20BrFN2/c1-3-17-12-6-7-18(10(2)8-12)14-5-4-11(15)9-13(14)16/h4-5,9-10,12,17H,3,6-8H2,1-2H3. The summed E-state index contributed by atoms with van der Waals surface area (Å²) in [7, 11) is 0.